The highest BCUT2D eigenvalue weighted by atomic mass is 32.1. The summed E-state index contributed by atoms with van der Waals surface area (Å²) in [5.41, 5.74) is 6.45. The van der Waals surface area contributed by atoms with E-state index < -0.39 is 30.1 Å². The van der Waals surface area contributed by atoms with Gasteiger partial charge in [0.2, 0.25) is 6.10 Å². The Morgan fingerprint density at radius 2 is 1.66 bits per heavy atom. The first-order valence-electron chi connectivity index (χ1n) is 10.8. The first kappa shape index (κ1) is 24.4. The van der Waals surface area contributed by atoms with Gasteiger partial charge in [0, 0.05) is 17.9 Å². The van der Waals surface area contributed by atoms with Gasteiger partial charge in [0.15, 0.2) is 0 Å². The first-order chi connectivity index (χ1) is 17.0. The summed E-state index contributed by atoms with van der Waals surface area (Å²) in [5, 5.41) is 13.5. The molecule has 2 unspecified atom stereocenters. The van der Waals surface area contributed by atoms with Crippen molar-refractivity contribution in [3.05, 3.63) is 82.0 Å². The Hall–Kier alpha value is -3.73. The van der Waals surface area contributed by atoms with E-state index in [2.05, 4.69) is 10.8 Å². The van der Waals surface area contributed by atoms with Crippen molar-refractivity contribution in [1.29, 1.82) is 0 Å². The van der Waals surface area contributed by atoms with Crippen LogP contribution in [0.1, 0.15) is 28.0 Å². The summed E-state index contributed by atoms with van der Waals surface area (Å²) in [5.74, 6) is -2.18. The molecule has 1 aliphatic carbocycles. The molecule has 0 bridgehead atoms. The molecule has 0 saturated carbocycles. The lowest BCUT2D eigenvalue weighted by Crippen LogP contribution is -2.44. The average Bonchev–Trinajstić information content (AvgIpc) is 3.50. The van der Waals surface area contributed by atoms with Gasteiger partial charge in [0.05, 0.1) is 6.61 Å². The number of ether oxygens (including phenoxy) is 2. The predicted octanol–water partition coefficient (Wildman–Crippen LogP) is 3.48. The molecule has 1 heterocycles. The van der Waals surface area contributed by atoms with Crippen molar-refractivity contribution in [2.75, 3.05) is 20.3 Å². The SMILES string of the molecule is COCC(ONC(=O)C(NC(=O)OCC1c2ccccc2-c2ccccc21)c1cccs1)C(=O)O. The third-order valence-electron chi connectivity index (χ3n) is 5.59. The van der Waals surface area contributed by atoms with Crippen LogP contribution in [0.25, 0.3) is 11.1 Å². The monoisotopic (exact) mass is 496 g/mol. The molecule has 1 aromatic heterocycles. The number of rotatable bonds is 10. The first-order valence-corrected chi connectivity index (χ1v) is 11.7. The number of thiophene rings is 1. The lowest BCUT2D eigenvalue weighted by atomic mass is 9.98. The lowest BCUT2D eigenvalue weighted by Gasteiger charge is -2.20. The Morgan fingerprint density at radius 1 is 1.00 bits per heavy atom. The standard InChI is InChI=1S/C25H24N2O7S/c1-32-14-20(24(29)30)34-27-23(28)22(21-11-6-12-35-21)26-25(31)33-13-19-17-9-4-2-7-15(17)16-8-3-5-10-18(16)19/h2-12,19-20,22H,13-14H2,1H3,(H,26,31)(H,27,28)(H,29,30). The number of hydroxylamine groups is 1. The van der Waals surface area contributed by atoms with E-state index in [1.54, 1.807) is 17.5 Å². The minimum atomic E-state index is -1.40. The zero-order valence-corrected chi connectivity index (χ0v) is 19.6. The van der Waals surface area contributed by atoms with Crippen LogP contribution >= 0.6 is 11.3 Å². The number of carbonyl (C=O) groups is 3. The van der Waals surface area contributed by atoms with Crippen molar-refractivity contribution in [2.24, 2.45) is 0 Å². The Bertz CT molecular complexity index is 1150. The number of carboxylic acid groups (broad SMARTS) is 1. The van der Waals surface area contributed by atoms with E-state index in [4.69, 9.17) is 19.4 Å². The fraction of sp³-hybridized carbons (Fsp3) is 0.240. The number of aliphatic carboxylic acids is 1. The summed E-state index contributed by atoms with van der Waals surface area (Å²) in [6.07, 6.45) is -2.19. The van der Waals surface area contributed by atoms with Gasteiger partial charge in [-0.1, -0.05) is 54.6 Å². The smallest absolute Gasteiger partial charge is 0.408 e. The Kier molecular flexibility index (Phi) is 7.76. The molecule has 2 amide bonds. The van der Waals surface area contributed by atoms with Gasteiger partial charge in [-0.3, -0.25) is 9.63 Å². The number of nitrogens with one attached hydrogen (secondary N) is 2. The summed E-state index contributed by atoms with van der Waals surface area (Å²) in [7, 11) is 1.31. The molecule has 35 heavy (non-hydrogen) atoms. The van der Waals surface area contributed by atoms with E-state index in [0.717, 1.165) is 22.3 Å². The maximum atomic E-state index is 12.8. The molecule has 3 aromatic rings. The van der Waals surface area contributed by atoms with Gasteiger partial charge >= 0.3 is 12.1 Å². The zero-order chi connectivity index (χ0) is 24.8. The highest BCUT2D eigenvalue weighted by Gasteiger charge is 2.31. The third kappa shape index (κ3) is 5.51. The molecule has 2 aromatic carbocycles. The maximum absolute atomic E-state index is 12.8. The van der Waals surface area contributed by atoms with Crippen LogP contribution in [0.15, 0.2) is 66.0 Å². The Labute approximate surface area is 205 Å². The molecule has 1 aliphatic rings. The van der Waals surface area contributed by atoms with Crippen LogP contribution in [0.3, 0.4) is 0 Å². The fourth-order valence-corrected chi connectivity index (χ4v) is 4.75. The van der Waals surface area contributed by atoms with Crippen LogP contribution in [0.5, 0.6) is 0 Å². The number of methoxy groups -OCH3 is 1. The molecular weight excluding hydrogens is 472 g/mol. The highest BCUT2D eigenvalue weighted by Crippen LogP contribution is 2.44. The summed E-state index contributed by atoms with van der Waals surface area (Å²) in [6.45, 7) is -0.177. The van der Waals surface area contributed by atoms with Gasteiger partial charge in [-0.25, -0.2) is 15.1 Å². The molecule has 182 valence electrons. The van der Waals surface area contributed by atoms with E-state index in [1.807, 2.05) is 48.5 Å². The van der Waals surface area contributed by atoms with Crippen molar-refractivity contribution in [3.8, 4) is 11.1 Å². The van der Waals surface area contributed by atoms with E-state index in [0.29, 0.717) is 4.88 Å². The summed E-state index contributed by atoms with van der Waals surface area (Å²) < 4.78 is 10.3. The average molecular weight is 497 g/mol. The Balaban J connectivity index is 1.42. The van der Waals surface area contributed by atoms with Gasteiger partial charge in [-0.05, 0) is 33.7 Å². The lowest BCUT2D eigenvalue weighted by molar-refractivity contribution is -0.165. The van der Waals surface area contributed by atoms with Crippen molar-refractivity contribution < 1.29 is 33.8 Å². The minimum Gasteiger partial charge on any atom is -0.479 e. The van der Waals surface area contributed by atoms with Gasteiger partial charge in [0.25, 0.3) is 5.91 Å². The molecule has 0 radical (unpaired) electrons. The van der Waals surface area contributed by atoms with Crippen LogP contribution < -0.4 is 10.8 Å². The van der Waals surface area contributed by atoms with Gasteiger partial charge in [-0.2, -0.15) is 0 Å². The van der Waals surface area contributed by atoms with E-state index >= 15 is 0 Å². The minimum absolute atomic E-state index is 0.0874. The van der Waals surface area contributed by atoms with E-state index in [1.165, 1.54) is 18.4 Å². The number of benzene rings is 2. The third-order valence-corrected chi connectivity index (χ3v) is 6.53. The second-order valence-corrected chi connectivity index (χ2v) is 8.76. The van der Waals surface area contributed by atoms with Crippen molar-refractivity contribution in [1.82, 2.24) is 10.8 Å². The largest absolute Gasteiger partial charge is 0.479 e. The van der Waals surface area contributed by atoms with Crippen LogP contribution in [-0.4, -0.2) is 49.5 Å². The summed E-state index contributed by atoms with van der Waals surface area (Å²) in [6, 6.07) is 18.2. The van der Waals surface area contributed by atoms with E-state index in [9.17, 15) is 14.4 Å². The number of amides is 2. The predicted molar refractivity (Wildman–Crippen MR) is 128 cm³/mol. The fourth-order valence-electron chi connectivity index (χ4n) is 3.97. The van der Waals surface area contributed by atoms with Gasteiger partial charge in [0.1, 0.15) is 12.6 Å². The Morgan fingerprint density at radius 3 is 2.23 bits per heavy atom. The molecule has 2 atom stereocenters. The summed E-state index contributed by atoms with van der Waals surface area (Å²) >= 11 is 1.25. The van der Waals surface area contributed by atoms with Gasteiger partial charge < -0.3 is 19.9 Å². The highest BCUT2D eigenvalue weighted by molar-refractivity contribution is 7.10. The molecule has 3 N–H and O–H groups in total. The van der Waals surface area contributed by atoms with Crippen molar-refractivity contribution >= 4 is 29.3 Å². The van der Waals surface area contributed by atoms with Crippen molar-refractivity contribution in [3.63, 3.8) is 0 Å². The zero-order valence-electron chi connectivity index (χ0n) is 18.8. The quantitative estimate of drug-likeness (QED) is 0.367. The normalized spacial score (nSPS) is 13.9. The molecule has 0 saturated heterocycles. The number of carbonyl (C=O) groups excluding carboxylic acids is 2. The number of alkyl carbamates (subject to hydrolysis) is 1. The van der Waals surface area contributed by atoms with Crippen LogP contribution in [0, 0.1) is 0 Å². The molecule has 9 nitrogen and oxygen atoms in total. The van der Waals surface area contributed by atoms with E-state index in [-0.39, 0.29) is 19.1 Å². The van der Waals surface area contributed by atoms with Crippen molar-refractivity contribution in [2.45, 2.75) is 18.1 Å². The second kappa shape index (κ2) is 11.1. The number of hydrogen-bond donors (Lipinski definition) is 3. The number of hydrogen-bond acceptors (Lipinski definition) is 7. The number of fused-ring (bicyclic) bond motifs is 3. The summed E-state index contributed by atoms with van der Waals surface area (Å²) in [4.78, 5) is 42.2. The molecule has 0 spiro atoms. The topological polar surface area (TPSA) is 123 Å². The maximum Gasteiger partial charge on any atom is 0.408 e. The molecule has 0 fully saturated rings. The van der Waals surface area contributed by atoms with Gasteiger partial charge in [-0.15, -0.1) is 11.3 Å². The number of carboxylic acids is 1. The molecular formula is C25H24N2O7S. The van der Waals surface area contributed by atoms with Crippen LogP contribution in [-0.2, 0) is 23.9 Å². The molecule has 10 heteroatoms. The van der Waals surface area contributed by atoms with Crippen LogP contribution in [0.4, 0.5) is 4.79 Å². The van der Waals surface area contributed by atoms with Crippen LogP contribution in [0.2, 0.25) is 0 Å². The second-order valence-electron chi connectivity index (χ2n) is 7.78. The molecule has 4 rings (SSSR count). The molecule has 0 aliphatic heterocycles.